The van der Waals surface area contributed by atoms with Crippen molar-refractivity contribution >= 4 is 11.6 Å². The van der Waals surface area contributed by atoms with E-state index in [9.17, 15) is 5.11 Å². The first-order valence-corrected chi connectivity index (χ1v) is 5.09. The quantitative estimate of drug-likeness (QED) is 0.831. The SMILES string of the molecule is CN(C)CCCc1ccc(Cl)cc1O. The Morgan fingerprint density at radius 3 is 2.64 bits per heavy atom. The molecule has 0 aliphatic heterocycles. The third-order valence-electron chi connectivity index (χ3n) is 2.10. The lowest BCUT2D eigenvalue weighted by Crippen LogP contribution is -2.13. The van der Waals surface area contributed by atoms with Crippen LogP contribution in [-0.2, 0) is 6.42 Å². The minimum atomic E-state index is 0.302. The van der Waals surface area contributed by atoms with Gasteiger partial charge in [0, 0.05) is 5.02 Å². The molecule has 0 aliphatic rings. The molecule has 3 heteroatoms. The lowest BCUT2D eigenvalue weighted by Gasteiger charge is -2.09. The summed E-state index contributed by atoms with van der Waals surface area (Å²) in [5.74, 6) is 0.302. The van der Waals surface area contributed by atoms with Crippen LogP contribution in [-0.4, -0.2) is 30.6 Å². The van der Waals surface area contributed by atoms with Crippen molar-refractivity contribution in [2.75, 3.05) is 20.6 Å². The zero-order valence-corrected chi connectivity index (χ0v) is 9.38. The van der Waals surface area contributed by atoms with Gasteiger partial charge in [-0.25, -0.2) is 0 Å². The van der Waals surface area contributed by atoms with Gasteiger partial charge < -0.3 is 10.0 Å². The Morgan fingerprint density at radius 1 is 1.36 bits per heavy atom. The van der Waals surface area contributed by atoms with E-state index >= 15 is 0 Å². The Morgan fingerprint density at radius 2 is 2.07 bits per heavy atom. The molecule has 0 saturated carbocycles. The van der Waals surface area contributed by atoms with Crippen LogP contribution in [0.4, 0.5) is 0 Å². The second-order valence-corrected chi connectivity index (χ2v) is 4.12. The van der Waals surface area contributed by atoms with Crippen molar-refractivity contribution in [2.45, 2.75) is 12.8 Å². The normalized spacial score (nSPS) is 10.9. The van der Waals surface area contributed by atoms with E-state index in [4.69, 9.17) is 11.6 Å². The number of hydrogen-bond acceptors (Lipinski definition) is 2. The standard InChI is InChI=1S/C11H16ClNO/c1-13(2)7-3-4-9-5-6-10(12)8-11(9)14/h5-6,8,14H,3-4,7H2,1-2H3. The largest absolute Gasteiger partial charge is 0.508 e. The highest BCUT2D eigenvalue weighted by atomic mass is 35.5. The van der Waals surface area contributed by atoms with Crippen molar-refractivity contribution in [1.29, 1.82) is 0 Å². The molecule has 0 aliphatic carbocycles. The number of benzene rings is 1. The van der Waals surface area contributed by atoms with Gasteiger partial charge in [-0.15, -0.1) is 0 Å². The van der Waals surface area contributed by atoms with Gasteiger partial charge in [0.15, 0.2) is 0 Å². The van der Waals surface area contributed by atoms with Crippen LogP contribution in [0.1, 0.15) is 12.0 Å². The van der Waals surface area contributed by atoms with E-state index in [0.717, 1.165) is 24.9 Å². The number of phenolic OH excluding ortho intramolecular Hbond substituents is 1. The topological polar surface area (TPSA) is 23.5 Å². The molecule has 1 aromatic carbocycles. The maximum atomic E-state index is 9.56. The molecule has 0 radical (unpaired) electrons. The van der Waals surface area contributed by atoms with Crippen LogP contribution in [0, 0.1) is 0 Å². The molecule has 1 aromatic rings. The van der Waals surface area contributed by atoms with Gasteiger partial charge in [-0.1, -0.05) is 17.7 Å². The number of halogens is 1. The van der Waals surface area contributed by atoms with Gasteiger partial charge in [0.1, 0.15) is 5.75 Å². The van der Waals surface area contributed by atoms with Crippen molar-refractivity contribution < 1.29 is 5.11 Å². The molecule has 0 saturated heterocycles. The van der Waals surface area contributed by atoms with Crippen LogP contribution in [0.15, 0.2) is 18.2 Å². The number of rotatable bonds is 4. The molecule has 0 unspecified atom stereocenters. The van der Waals surface area contributed by atoms with E-state index < -0.39 is 0 Å². The lowest BCUT2D eigenvalue weighted by atomic mass is 10.1. The van der Waals surface area contributed by atoms with E-state index in [1.54, 1.807) is 6.07 Å². The maximum Gasteiger partial charge on any atom is 0.120 e. The molecular weight excluding hydrogens is 198 g/mol. The number of aromatic hydroxyl groups is 1. The zero-order chi connectivity index (χ0) is 10.6. The molecule has 78 valence electrons. The Labute approximate surface area is 90.1 Å². The second kappa shape index (κ2) is 5.23. The number of phenols is 1. The van der Waals surface area contributed by atoms with Crippen LogP contribution in [0.25, 0.3) is 0 Å². The molecule has 0 fully saturated rings. The second-order valence-electron chi connectivity index (χ2n) is 3.68. The number of hydrogen-bond donors (Lipinski definition) is 1. The molecule has 0 bridgehead atoms. The van der Waals surface area contributed by atoms with Crippen molar-refractivity contribution in [3.05, 3.63) is 28.8 Å². The fraction of sp³-hybridized carbons (Fsp3) is 0.455. The average Bonchev–Trinajstić information content (AvgIpc) is 2.08. The summed E-state index contributed by atoms with van der Waals surface area (Å²) in [4.78, 5) is 2.13. The fourth-order valence-electron chi connectivity index (χ4n) is 1.33. The first kappa shape index (κ1) is 11.3. The minimum absolute atomic E-state index is 0.302. The predicted octanol–water partition coefficient (Wildman–Crippen LogP) is 2.54. The van der Waals surface area contributed by atoms with Gasteiger partial charge in [-0.05, 0) is 51.2 Å². The summed E-state index contributed by atoms with van der Waals surface area (Å²) in [6, 6.07) is 5.28. The Hall–Kier alpha value is -0.730. The summed E-state index contributed by atoms with van der Waals surface area (Å²) in [6.45, 7) is 1.03. The smallest absolute Gasteiger partial charge is 0.120 e. The van der Waals surface area contributed by atoms with E-state index in [-0.39, 0.29) is 0 Å². The first-order chi connectivity index (χ1) is 6.59. The van der Waals surface area contributed by atoms with Gasteiger partial charge in [0.2, 0.25) is 0 Å². The predicted molar refractivity (Wildman–Crippen MR) is 60.0 cm³/mol. The number of aryl methyl sites for hydroxylation is 1. The molecule has 1 rings (SSSR count). The highest BCUT2D eigenvalue weighted by Crippen LogP contribution is 2.22. The first-order valence-electron chi connectivity index (χ1n) is 4.71. The Kier molecular flexibility index (Phi) is 4.23. The molecule has 1 N–H and O–H groups in total. The van der Waals surface area contributed by atoms with Gasteiger partial charge >= 0.3 is 0 Å². The van der Waals surface area contributed by atoms with E-state index in [1.807, 2.05) is 26.2 Å². The Bertz CT molecular complexity index is 299. The molecule has 0 spiro atoms. The fourth-order valence-corrected chi connectivity index (χ4v) is 1.50. The van der Waals surface area contributed by atoms with E-state index in [0.29, 0.717) is 10.8 Å². The van der Waals surface area contributed by atoms with Crippen molar-refractivity contribution in [3.8, 4) is 5.75 Å². The van der Waals surface area contributed by atoms with E-state index in [2.05, 4.69) is 4.90 Å². The maximum absolute atomic E-state index is 9.56. The van der Waals surface area contributed by atoms with Crippen molar-refractivity contribution in [2.24, 2.45) is 0 Å². The van der Waals surface area contributed by atoms with Gasteiger partial charge in [-0.3, -0.25) is 0 Å². The summed E-state index contributed by atoms with van der Waals surface area (Å²) in [5, 5.41) is 10.1. The van der Waals surface area contributed by atoms with Crippen LogP contribution >= 0.6 is 11.6 Å². The molecular formula is C11H16ClNO. The van der Waals surface area contributed by atoms with Gasteiger partial charge in [0.25, 0.3) is 0 Å². The van der Waals surface area contributed by atoms with E-state index in [1.165, 1.54) is 0 Å². The van der Waals surface area contributed by atoms with Crippen molar-refractivity contribution in [1.82, 2.24) is 4.90 Å². The van der Waals surface area contributed by atoms with Crippen LogP contribution in [0.5, 0.6) is 5.75 Å². The molecule has 0 heterocycles. The van der Waals surface area contributed by atoms with Gasteiger partial charge in [0.05, 0.1) is 0 Å². The summed E-state index contributed by atoms with van der Waals surface area (Å²) >= 11 is 5.73. The van der Waals surface area contributed by atoms with Crippen LogP contribution in [0.2, 0.25) is 5.02 Å². The summed E-state index contributed by atoms with van der Waals surface area (Å²) in [5.41, 5.74) is 0.969. The summed E-state index contributed by atoms with van der Waals surface area (Å²) < 4.78 is 0. The van der Waals surface area contributed by atoms with Crippen molar-refractivity contribution in [3.63, 3.8) is 0 Å². The molecule has 0 amide bonds. The highest BCUT2D eigenvalue weighted by molar-refractivity contribution is 6.30. The van der Waals surface area contributed by atoms with Crippen LogP contribution in [0.3, 0.4) is 0 Å². The molecule has 0 aromatic heterocycles. The van der Waals surface area contributed by atoms with Crippen LogP contribution < -0.4 is 0 Å². The molecule has 14 heavy (non-hydrogen) atoms. The lowest BCUT2D eigenvalue weighted by molar-refractivity contribution is 0.397. The zero-order valence-electron chi connectivity index (χ0n) is 8.63. The Balaban J connectivity index is 2.51. The highest BCUT2D eigenvalue weighted by Gasteiger charge is 2.01. The number of nitrogens with zero attached hydrogens (tertiary/aromatic N) is 1. The molecule has 0 atom stereocenters. The molecule has 2 nitrogen and oxygen atoms in total. The average molecular weight is 214 g/mol. The minimum Gasteiger partial charge on any atom is -0.508 e. The summed E-state index contributed by atoms with van der Waals surface area (Å²) in [6.07, 6.45) is 1.93. The third kappa shape index (κ3) is 3.56. The third-order valence-corrected chi connectivity index (χ3v) is 2.33. The summed E-state index contributed by atoms with van der Waals surface area (Å²) in [7, 11) is 4.09. The van der Waals surface area contributed by atoms with Gasteiger partial charge in [-0.2, -0.15) is 0 Å². The monoisotopic (exact) mass is 213 g/mol.